The minimum absolute atomic E-state index is 0.0454. The van der Waals surface area contributed by atoms with Crippen molar-refractivity contribution in [1.82, 2.24) is 5.32 Å². The average Bonchev–Trinajstić information content (AvgIpc) is 2.77. The first-order chi connectivity index (χ1) is 8.19. The number of benzene rings is 1. The Balaban J connectivity index is 2.10. The maximum Gasteiger partial charge on any atom is 0.125 e. The first-order valence-corrected chi connectivity index (χ1v) is 6.39. The van der Waals surface area contributed by atoms with E-state index in [4.69, 9.17) is 11.6 Å². The number of hydrogen-bond acceptors (Lipinski definition) is 2. The van der Waals surface area contributed by atoms with E-state index in [0.29, 0.717) is 16.6 Å². The Morgan fingerprint density at radius 2 is 2.06 bits per heavy atom. The maximum atomic E-state index is 13.2. The highest BCUT2D eigenvalue weighted by atomic mass is 35.5. The van der Waals surface area contributed by atoms with Gasteiger partial charge in [0, 0.05) is 11.1 Å². The zero-order valence-electron chi connectivity index (χ0n) is 9.63. The first kappa shape index (κ1) is 12.8. The predicted molar refractivity (Wildman–Crippen MR) is 66.6 cm³/mol. The van der Waals surface area contributed by atoms with E-state index in [0.717, 1.165) is 12.8 Å². The van der Waals surface area contributed by atoms with E-state index in [1.807, 2.05) is 0 Å². The Morgan fingerprint density at radius 1 is 1.35 bits per heavy atom. The quantitative estimate of drug-likeness (QED) is 0.869. The Labute approximate surface area is 106 Å². The van der Waals surface area contributed by atoms with Gasteiger partial charge in [-0.3, -0.25) is 0 Å². The molecule has 1 aliphatic carbocycles. The van der Waals surface area contributed by atoms with E-state index in [-0.39, 0.29) is 18.5 Å². The molecule has 1 saturated carbocycles. The van der Waals surface area contributed by atoms with Crippen LogP contribution in [0.15, 0.2) is 18.2 Å². The lowest BCUT2D eigenvalue weighted by Crippen LogP contribution is -2.32. The lowest BCUT2D eigenvalue weighted by atomic mass is 10.1. The molecule has 2 rings (SSSR count). The highest BCUT2D eigenvalue weighted by Gasteiger charge is 2.20. The Bertz CT molecular complexity index is 359. The summed E-state index contributed by atoms with van der Waals surface area (Å²) in [6.45, 7) is -0.0454. The SMILES string of the molecule is OCC(NC1CCCC1)c1cc(F)cc(Cl)c1. The number of rotatable bonds is 4. The van der Waals surface area contributed by atoms with Crippen molar-refractivity contribution in [2.24, 2.45) is 0 Å². The summed E-state index contributed by atoms with van der Waals surface area (Å²) in [6.07, 6.45) is 4.69. The van der Waals surface area contributed by atoms with Gasteiger partial charge in [-0.25, -0.2) is 4.39 Å². The van der Waals surface area contributed by atoms with E-state index in [1.54, 1.807) is 6.07 Å². The molecule has 1 atom stereocenters. The maximum absolute atomic E-state index is 13.2. The monoisotopic (exact) mass is 257 g/mol. The molecule has 1 aromatic carbocycles. The van der Waals surface area contributed by atoms with Crippen molar-refractivity contribution >= 4 is 11.6 Å². The minimum Gasteiger partial charge on any atom is -0.394 e. The van der Waals surface area contributed by atoms with Crippen LogP contribution >= 0.6 is 11.6 Å². The molecule has 0 aromatic heterocycles. The summed E-state index contributed by atoms with van der Waals surface area (Å²) in [7, 11) is 0. The van der Waals surface area contributed by atoms with E-state index in [9.17, 15) is 9.50 Å². The molecular formula is C13H17ClFNO. The molecule has 2 N–H and O–H groups in total. The number of aliphatic hydroxyl groups excluding tert-OH is 1. The van der Waals surface area contributed by atoms with Gasteiger partial charge in [-0.15, -0.1) is 0 Å². The van der Waals surface area contributed by atoms with Crippen LogP contribution in [0.25, 0.3) is 0 Å². The van der Waals surface area contributed by atoms with Crippen LogP contribution < -0.4 is 5.32 Å². The van der Waals surface area contributed by atoms with Gasteiger partial charge >= 0.3 is 0 Å². The molecule has 1 aromatic rings. The lowest BCUT2D eigenvalue weighted by Gasteiger charge is -2.21. The Hall–Kier alpha value is -0.640. The van der Waals surface area contributed by atoms with Crippen molar-refractivity contribution in [3.8, 4) is 0 Å². The van der Waals surface area contributed by atoms with Crippen molar-refractivity contribution in [3.63, 3.8) is 0 Å². The predicted octanol–water partition coefficient (Wildman–Crippen LogP) is 3.04. The highest BCUT2D eigenvalue weighted by Crippen LogP contribution is 2.24. The fourth-order valence-electron chi connectivity index (χ4n) is 2.41. The van der Waals surface area contributed by atoms with Crippen molar-refractivity contribution < 1.29 is 9.50 Å². The van der Waals surface area contributed by atoms with Crippen LogP contribution in [0.2, 0.25) is 5.02 Å². The fourth-order valence-corrected chi connectivity index (χ4v) is 2.64. The van der Waals surface area contributed by atoms with Gasteiger partial charge in [-0.1, -0.05) is 24.4 Å². The van der Waals surface area contributed by atoms with Crippen LogP contribution in [-0.4, -0.2) is 17.8 Å². The number of aliphatic hydroxyl groups is 1. The third kappa shape index (κ3) is 3.41. The molecule has 1 aliphatic rings. The van der Waals surface area contributed by atoms with Gasteiger partial charge in [0.1, 0.15) is 5.82 Å². The second kappa shape index (κ2) is 5.80. The normalized spacial score (nSPS) is 18.5. The summed E-state index contributed by atoms with van der Waals surface area (Å²) < 4.78 is 13.2. The van der Waals surface area contributed by atoms with Crippen molar-refractivity contribution in [3.05, 3.63) is 34.6 Å². The van der Waals surface area contributed by atoms with Gasteiger partial charge in [0.25, 0.3) is 0 Å². The third-order valence-electron chi connectivity index (χ3n) is 3.26. The summed E-state index contributed by atoms with van der Waals surface area (Å²) in [5, 5.41) is 13.1. The van der Waals surface area contributed by atoms with Crippen LogP contribution in [0.1, 0.15) is 37.3 Å². The van der Waals surface area contributed by atoms with E-state index < -0.39 is 0 Å². The van der Waals surface area contributed by atoms with E-state index in [1.165, 1.54) is 25.0 Å². The standard InChI is InChI=1S/C13H17ClFNO/c14-10-5-9(6-11(15)7-10)13(8-17)16-12-3-1-2-4-12/h5-7,12-13,16-17H,1-4,8H2. The van der Waals surface area contributed by atoms with Crippen LogP contribution in [-0.2, 0) is 0 Å². The summed E-state index contributed by atoms with van der Waals surface area (Å²) in [6, 6.07) is 4.59. The van der Waals surface area contributed by atoms with Crippen molar-refractivity contribution in [1.29, 1.82) is 0 Å². The van der Waals surface area contributed by atoms with Crippen LogP contribution in [0.5, 0.6) is 0 Å². The molecule has 0 radical (unpaired) electrons. The van der Waals surface area contributed by atoms with E-state index in [2.05, 4.69) is 5.32 Å². The second-order valence-electron chi connectivity index (χ2n) is 4.59. The van der Waals surface area contributed by atoms with Gasteiger partial charge in [-0.05, 0) is 36.6 Å². The summed E-state index contributed by atoms with van der Waals surface area (Å²) >= 11 is 5.82. The van der Waals surface area contributed by atoms with Gasteiger partial charge in [-0.2, -0.15) is 0 Å². The molecule has 1 unspecified atom stereocenters. The molecule has 0 heterocycles. The molecule has 0 saturated heterocycles. The molecule has 1 fully saturated rings. The number of halogens is 2. The number of hydrogen-bond donors (Lipinski definition) is 2. The van der Waals surface area contributed by atoms with Crippen LogP contribution in [0.3, 0.4) is 0 Å². The molecule has 0 aliphatic heterocycles. The topological polar surface area (TPSA) is 32.3 Å². The van der Waals surface area contributed by atoms with Gasteiger partial charge < -0.3 is 10.4 Å². The molecule has 0 spiro atoms. The van der Waals surface area contributed by atoms with Crippen molar-refractivity contribution in [2.45, 2.75) is 37.8 Å². The highest BCUT2D eigenvalue weighted by molar-refractivity contribution is 6.30. The molecule has 2 nitrogen and oxygen atoms in total. The van der Waals surface area contributed by atoms with E-state index >= 15 is 0 Å². The molecule has 17 heavy (non-hydrogen) atoms. The van der Waals surface area contributed by atoms with Gasteiger partial charge in [0.05, 0.1) is 12.6 Å². The zero-order valence-corrected chi connectivity index (χ0v) is 10.4. The second-order valence-corrected chi connectivity index (χ2v) is 5.02. The largest absolute Gasteiger partial charge is 0.394 e. The third-order valence-corrected chi connectivity index (χ3v) is 3.48. The molecule has 4 heteroatoms. The summed E-state index contributed by atoms with van der Waals surface area (Å²) in [5.74, 6) is -0.362. The molecule has 94 valence electrons. The zero-order chi connectivity index (χ0) is 12.3. The minimum atomic E-state index is -0.362. The summed E-state index contributed by atoms with van der Waals surface area (Å²) in [4.78, 5) is 0. The van der Waals surface area contributed by atoms with Crippen molar-refractivity contribution in [2.75, 3.05) is 6.61 Å². The first-order valence-electron chi connectivity index (χ1n) is 6.02. The lowest BCUT2D eigenvalue weighted by molar-refractivity contribution is 0.233. The molecular weight excluding hydrogens is 241 g/mol. The van der Waals surface area contributed by atoms with Crippen LogP contribution in [0, 0.1) is 5.82 Å². The molecule has 0 bridgehead atoms. The van der Waals surface area contributed by atoms with Crippen LogP contribution in [0.4, 0.5) is 4.39 Å². The fraction of sp³-hybridized carbons (Fsp3) is 0.538. The molecule has 0 amide bonds. The smallest absolute Gasteiger partial charge is 0.125 e. The Kier molecular flexibility index (Phi) is 4.37. The number of nitrogens with one attached hydrogen (secondary N) is 1. The van der Waals surface area contributed by atoms with Gasteiger partial charge in [0.2, 0.25) is 0 Å². The Morgan fingerprint density at radius 3 is 2.65 bits per heavy atom. The summed E-state index contributed by atoms with van der Waals surface area (Å²) in [5.41, 5.74) is 0.712. The average molecular weight is 258 g/mol. The van der Waals surface area contributed by atoms with Gasteiger partial charge in [0.15, 0.2) is 0 Å².